The third-order valence-electron chi connectivity index (χ3n) is 3.77. The highest BCUT2D eigenvalue weighted by Crippen LogP contribution is 2.20. The van der Waals surface area contributed by atoms with Crippen LogP contribution < -0.4 is 15.4 Å². The second-order valence-electron chi connectivity index (χ2n) is 5.83. The lowest BCUT2D eigenvalue weighted by atomic mass is 10.2. The van der Waals surface area contributed by atoms with Crippen molar-refractivity contribution in [3.63, 3.8) is 0 Å². The van der Waals surface area contributed by atoms with E-state index in [-0.39, 0.29) is 12.3 Å². The van der Waals surface area contributed by atoms with E-state index in [2.05, 4.69) is 46.0 Å². The first-order chi connectivity index (χ1) is 12.0. The molecule has 0 fully saturated rings. The number of aliphatic imine (C=N–C) groups is 1. The lowest BCUT2D eigenvalue weighted by Gasteiger charge is -2.25. The first-order valence-electron chi connectivity index (χ1n) is 8.76. The molecule has 0 amide bonds. The fraction of sp³-hybridized carbons (Fsp3) is 0.611. The zero-order chi connectivity index (χ0) is 18.7. The molecule has 0 aliphatic rings. The summed E-state index contributed by atoms with van der Waals surface area (Å²) in [5.74, 6) is 0.822. The molecule has 0 saturated carbocycles. The molecule has 0 atom stereocenters. The third kappa shape index (κ3) is 8.16. The average molecular weight is 356 g/mol. The Balaban J connectivity index is 2.66. The Labute approximate surface area is 149 Å². The van der Waals surface area contributed by atoms with Crippen molar-refractivity contribution < 1.29 is 13.5 Å². The maximum absolute atomic E-state index is 12.5. The van der Waals surface area contributed by atoms with Gasteiger partial charge in [-0.3, -0.25) is 4.90 Å². The molecule has 1 aromatic rings. The Morgan fingerprint density at radius 2 is 1.92 bits per heavy atom. The van der Waals surface area contributed by atoms with E-state index in [0.717, 1.165) is 26.2 Å². The lowest BCUT2D eigenvalue weighted by Crippen LogP contribution is -2.43. The van der Waals surface area contributed by atoms with Crippen LogP contribution in [0.3, 0.4) is 0 Å². The summed E-state index contributed by atoms with van der Waals surface area (Å²) >= 11 is 0. The van der Waals surface area contributed by atoms with Crippen LogP contribution in [-0.2, 0) is 6.54 Å². The van der Waals surface area contributed by atoms with Gasteiger partial charge in [-0.2, -0.15) is 8.78 Å². The standard InChI is InChI=1S/C18H30F2N4O/c1-5-21-18(22-11-12-24(6-2)14(3)4)23-13-15-9-7-8-10-16(15)25-17(19)20/h7-10,14,17H,5-6,11-13H2,1-4H3,(H2,21,22,23). The van der Waals surface area contributed by atoms with Gasteiger partial charge in [0.05, 0.1) is 6.54 Å². The molecular formula is C18H30F2N4O. The summed E-state index contributed by atoms with van der Waals surface area (Å²) in [5, 5.41) is 6.44. The number of benzene rings is 1. The maximum Gasteiger partial charge on any atom is 0.387 e. The molecule has 0 bridgehead atoms. The number of ether oxygens (including phenoxy) is 1. The van der Waals surface area contributed by atoms with Crippen molar-refractivity contribution in [2.24, 2.45) is 4.99 Å². The second kappa shape index (κ2) is 11.6. The fourth-order valence-corrected chi connectivity index (χ4v) is 2.45. The van der Waals surface area contributed by atoms with Crippen molar-refractivity contribution in [1.29, 1.82) is 0 Å². The zero-order valence-electron chi connectivity index (χ0n) is 15.6. The predicted octanol–water partition coefficient (Wildman–Crippen LogP) is 3.07. The number of alkyl halides is 2. The van der Waals surface area contributed by atoms with E-state index in [1.165, 1.54) is 6.07 Å². The van der Waals surface area contributed by atoms with Crippen molar-refractivity contribution in [3.8, 4) is 5.75 Å². The fourth-order valence-electron chi connectivity index (χ4n) is 2.45. The maximum atomic E-state index is 12.5. The number of para-hydroxylation sites is 1. The van der Waals surface area contributed by atoms with Gasteiger partial charge in [0.2, 0.25) is 0 Å². The smallest absolute Gasteiger partial charge is 0.387 e. The van der Waals surface area contributed by atoms with E-state index in [1.807, 2.05) is 6.92 Å². The molecule has 0 heterocycles. The lowest BCUT2D eigenvalue weighted by molar-refractivity contribution is -0.0504. The monoisotopic (exact) mass is 356 g/mol. The van der Waals surface area contributed by atoms with Crippen LogP contribution in [0.1, 0.15) is 33.3 Å². The Hall–Kier alpha value is -1.89. The third-order valence-corrected chi connectivity index (χ3v) is 3.77. The second-order valence-corrected chi connectivity index (χ2v) is 5.83. The van der Waals surface area contributed by atoms with Gasteiger partial charge >= 0.3 is 6.61 Å². The molecule has 0 unspecified atom stereocenters. The molecular weight excluding hydrogens is 326 g/mol. The van der Waals surface area contributed by atoms with Crippen LogP contribution >= 0.6 is 0 Å². The summed E-state index contributed by atoms with van der Waals surface area (Å²) in [6.07, 6.45) is 0. The molecule has 142 valence electrons. The van der Waals surface area contributed by atoms with E-state index in [9.17, 15) is 8.78 Å². The molecule has 0 aliphatic carbocycles. The Morgan fingerprint density at radius 1 is 1.20 bits per heavy atom. The molecule has 7 heteroatoms. The summed E-state index contributed by atoms with van der Waals surface area (Å²) in [6, 6.07) is 7.21. The van der Waals surface area contributed by atoms with Crippen molar-refractivity contribution in [2.75, 3.05) is 26.2 Å². The normalized spacial score (nSPS) is 12.1. The molecule has 0 aliphatic heterocycles. The van der Waals surface area contributed by atoms with E-state index in [0.29, 0.717) is 17.6 Å². The molecule has 1 aromatic carbocycles. The van der Waals surface area contributed by atoms with Gasteiger partial charge in [0.1, 0.15) is 5.75 Å². The number of likely N-dealkylation sites (N-methyl/N-ethyl adjacent to an activating group) is 1. The van der Waals surface area contributed by atoms with E-state index in [1.54, 1.807) is 18.2 Å². The quantitative estimate of drug-likeness (QED) is 0.500. The minimum Gasteiger partial charge on any atom is -0.434 e. The number of nitrogens with zero attached hydrogens (tertiary/aromatic N) is 2. The number of hydrogen-bond acceptors (Lipinski definition) is 3. The zero-order valence-corrected chi connectivity index (χ0v) is 15.6. The first-order valence-corrected chi connectivity index (χ1v) is 8.76. The Kier molecular flexibility index (Phi) is 9.84. The number of guanidine groups is 1. The Morgan fingerprint density at radius 3 is 2.52 bits per heavy atom. The molecule has 0 aromatic heterocycles. The largest absolute Gasteiger partial charge is 0.434 e. The highest BCUT2D eigenvalue weighted by atomic mass is 19.3. The average Bonchev–Trinajstić information content (AvgIpc) is 2.56. The summed E-state index contributed by atoms with van der Waals surface area (Å²) < 4.78 is 29.5. The summed E-state index contributed by atoms with van der Waals surface area (Å²) in [6.45, 7) is 9.26. The van der Waals surface area contributed by atoms with Crippen LogP contribution in [0.2, 0.25) is 0 Å². The van der Waals surface area contributed by atoms with Gasteiger partial charge in [-0.25, -0.2) is 4.99 Å². The van der Waals surface area contributed by atoms with Crippen LogP contribution in [-0.4, -0.2) is 49.7 Å². The van der Waals surface area contributed by atoms with Crippen molar-refractivity contribution >= 4 is 5.96 Å². The van der Waals surface area contributed by atoms with Crippen LogP contribution in [0.4, 0.5) is 8.78 Å². The predicted molar refractivity (Wildman–Crippen MR) is 98.3 cm³/mol. The van der Waals surface area contributed by atoms with Gasteiger partial charge in [-0.05, 0) is 33.4 Å². The molecule has 2 N–H and O–H groups in total. The van der Waals surface area contributed by atoms with E-state index in [4.69, 9.17) is 0 Å². The van der Waals surface area contributed by atoms with Crippen LogP contribution in [0.15, 0.2) is 29.3 Å². The number of rotatable bonds is 10. The summed E-state index contributed by atoms with van der Waals surface area (Å²) in [5.41, 5.74) is 0.623. The van der Waals surface area contributed by atoms with E-state index >= 15 is 0 Å². The van der Waals surface area contributed by atoms with Crippen LogP contribution in [0, 0.1) is 0 Å². The van der Waals surface area contributed by atoms with Crippen LogP contribution in [0.25, 0.3) is 0 Å². The van der Waals surface area contributed by atoms with Gasteiger partial charge in [0.15, 0.2) is 5.96 Å². The van der Waals surface area contributed by atoms with Crippen molar-refractivity contribution in [3.05, 3.63) is 29.8 Å². The molecule has 25 heavy (non-hydrogen) atoms. The van der Waals surface area contributed by atoms with Gasteiger partial charge in [0, 0.05) is 31.2 Å². The minimum absolute atomic E-state index is 0.161. The highest BCUT2D eigenvalue weighted by molar-refractivity contribution is 5.79. The molecule has 0 radical (unpaired) electrons. The molecule has 5 nitrogen and oxygen atoms in total. The SMILES string of the molecule is CCNC(=NCc1ccccc1OC(F)F)NCCN(CC)C(C)C. The van der Waals surface area contributed by atoms with Gasteiger partial charge in [0.25, 0.3) is 0 Å². The number of nitrogens with one attached hydrogen (secondary N) is 2. The molecule has 0 spiro atoms. The van der Waals surface area contributed by atoms with E-state index < -0.39 is 6.61 Å². The first kappa shape index (κ1) is 21.2. The number of halogens is 2. The molecule has 0 saturated heterocycles. The van der Waals surface area contributed by atoms with Crippen molar-refractivity contribution in [1.82, 2.24) is 15.5 Å². The highest BCUT2D eigenvalue weighted by Gasteiger charge is 2.09. The Bertz CT molecular complexity index is 524. The van der Waals surface area contributed by atoms with Gasteiger partial charge in [-0.1, -0.05) is 25.1 Å². The molecule has 1 rings (SSSR count). The summed E-state index contributed by atoms with van der Waals surface area (Å²) in [7, 11) is 0. The minimum atomic E-state index is -2.84. The van der Waals surface area contributed by atoms with Gasteiger partial charge < -0.3 is 15.4 Å². The van der Waals surface area contributed by atoms with Crippen LogP contribution in [0.5, 0.6) is 5.75 Å². The summed E-state index contributed by atoms with van der Waals surface area (Å²) in [4.78, 5) is 6.82. The van der Waals surface area contributed by atoms with Gasteiger partial charge in [-0.15, -0.1) is 0 Å². The number of hydrogen-bond donors (Lipinski definition) is 2. The topological polar surface area (TPSA) is 48.9 Å². The van der Waals surface area contributed by atoms with Crippen molar-refractivity contribution in [2.45, 2.75) is 46.9 Å².